The summed E-state index contributed by atoms with van der Waals surface area (Å²) in [7, 11) is 0. The maximum atomic E-state index is 14.4. The first-order valence-electron chi connectivity index (χ1n) is 13.6. The molecule has 208 valence electrons. The van der Waals surface area contributed by atoms with E-state index in [4.69, 9.17) is 9.47 Å². The second kappa shape index (κ2) is 12.4. The number of carbonyl (C=O) groups is 3. The van der Waals surface area contributed by atoms with Crippen molar-refractivity contribution in [1.82, 2.24) is 9.80 Å². The van der Waals surface area contributed by atoms with Crippen LogP contribution in [0, 0.1) is 17.8 Å². The Morgan fingerprint density at radius 2 is 2.03 bits per heavy atom. The molecule has 2 amide bonds. The van der Waals surface area contributed by atoms with Gasteiger partial charge in [-0.25, -0.2) is 0 Å². The minimum absolute atomic E-state index is 0.0599. The molecule has 0 aliphatic carbocycles. The molecule has 0 radical (unpaired) electrons. The number of amides is 2. The van der Waals surface area contributed by atoms with Gasteiger partial charge in [-0.15, -0.1) is 13.2 Å². The molecule has 3 heterocycles. The SMILES string of the molecule is C=CCCOC(=O)[C@H]1[C@@H]2OC3(CC2Br)C(C(=O)N(CC=C)C(C)CCC)N([C@@H](CO)[C@@H](C)CC)C(=O)[C@H]13. The molecule has 3 aliphatic heterocycles. The molecule has 0 aromatic carbocycles. The molecule has 0 aromatic heterocycles. The maximum absolute atomic E-state index is 14.4. The average Bonchev–Trinajstić information content (AvgIpc) is 3.46. The van der Waals surface area contributed by atoms with Crippen LogP contribution in [0.3, 0.4) is 0 Å². The number of rotatable bonds is 14. The van der Waals surface area contributed by atoms with E-state index in [0.29, 0.717) is 25.8 Å². The van der Waals surface area contributed by atoms with Crippen molar-refractivity contribution < 1.29 is 29.0 Å². The van der Waals surface area contributed by atoms with Crippen molar-refractivity contribution in [2.45, 2.75) is 94.5 Å². The summed E-state index contributed by atoms with van der Waals surface area (Å²) < 4.78 is 12.1. The Morgan fingerprint density at radius 1 is 1.32 bits per heavy atom. The number of esters is 1. The molecule has 8 nitrogen and oxygen atoms in total. The lowest BCUT2D eigenvalue weighted by atomic mass is 9.70. The van der Waals surface area contributed by atoms with Gasteiger partial charge in [-0.05, 0) is 32.1 Å². The number of carbonyl (C=O) groups excluding carboxylic acids is 3. The fourth-order valence-electron chi connectivity index (χ4n) is 6.48. The quantitative estimate of drug-likeness (QED) is 0.146. The normalized spacial score (nSPS) is 32.5. The van der Waals surface area contributed by atoms with Crippen molar-refractivity contribution in [3.05, 3.63) is 25.3 Å². The van der Waals surface area contributed by atoms with Crippen LogP contribution in [0.5, 0.6) is 0 Å². The molecule has 9 heteroatoms. The first-order valence-corrected chi connectivity index (χ1v) is 14.5. The van der Waals surface area contributed by atoms with Gasteiger partial charge in [0.15, 0.2) is 0 Å². The number of nitrogens with zero attached hydrogens (tertiary/aromatic N) is 2. The average molecular weight is 584 g/mol. The number of aliphatic hydroxyl groups excluding tert-OH is 1. The molecule has 3 rings (SSSR count). The van der Waals surface area contributed by atoms with Crippen LogP contribution in [0.2, 0.25) is 0 Å². The van der Waals surface area contributed by atoms with Crippen molar-refractivity contribution in [3.8, 4) is 0 Å². The van der Waals surface area contributed by atoms with Gasteiger partial charge >= 0.3 is 5.97 Å². The Labute approximate surface area is 229 Å². The van der Waals surface area contributed by atoms with Gasteiger partial charge in [0, 0.05) is 17.4 Å². The molecule has 3 fully saturated rings. The van der Waals surface area contributed by atoms with Crippen molar-refractivity contribution in [3.63, 3.8) is 0 Å². The number of hydrogen-bond donors (Lipinski definition) is 1. The topological polar surface area (TPSA) is 96.4 Å². The lowest BCUT2D eigenvalue weighted by molar-refractivity contribution is -0.157. The van der Waals surface area contributed by atoms with E-state index in [-0.39, 0.29) is 41.8 Å². The number of halogens is 1. The Bertz CT molecular complexity index is 883. The standard InChI is InChI=1S/C28H43BrN2O6/c1-7-11-14-36-27(35)21-22-25(33)31(20(16-32)17(5)10-4)24(28(22)15-19(29)23(21)37-28)26(34)30(13-9-3)18(6)12-8-2/h7,9,17-24,32H,1,3,8,10-16H2,2,4-6H3/t17-,18?,19?,20-,21+,22-,23+,24?,28?/m0/s1. The number of fused-ring (bicyclic) bond motifs is 1. The van der Waals surface area contributed by atoms with E-state index in [1.54, 1.807) is 22.0 Å². The summed E-state index contributed by atoms with van der Waals surface area (Å²) in [5.74, 6) is -2.76. The Balaban J connectivity index is 2.11. The molecule has 4 unspecified atom stereocenters. The predicted molar refractivity (Wildman–Crippen MR) is 145 cm³/mol. The van der Waals surface area contributed by atoms with Gasteiger partial charge in [0.05, 0.1) is 37.2 Å². The molecule has 3 aliphatic rings. The molecule has 37 heavy (non-hydrogen) atoms. The predicted octanol–water partition coefficient (Wildman–Crippen LogP) is 3.46. The number of alkyl halides is 1. The number of aliphatic hydroxyl groups is 1. The van der Waals surface area contributed by atoms with Crippen LogP contribution in [0.15, 0.2) is 25.3 Å². The van der Waals surface area contributed by atoms with Crippen LogP contribution in [-0.4, -0.2) is 87.1 Å². The summed E-state index contributed by atoms with van der Waals surface area (Å²) >= 11 is 3.68. The smallest absolute Gasteiger partial charge is 0.312 e. The summed E-state index contributed by atoms with van der Waals surface area (Å²) in [6.07, 6.45) is 6.13. The third kappa shape index (κ3) is 5.15. The van der Waals surface area contributed by atoms with E-state index < -0.39 is 41.6 Å². The Hall–Kier alpha value is -1.71. The van der Waals surface area contributed by atoms with Crippen LogP contribution >= 0.6 is 15.9 Å². The highest BCUT2D eigenvalue weighted by Gasteiger charge is 2.77. The minimum Gasteiger partial charge on any atom is -0.465 e. The summed E-state index contributed by atoms with van der Waals surface area (Å²) in [6, 6.07) is -1.60. The van der Waals surface area contributed by atoms with Gasteiger partial charge in [0.25, 0.3) is 0 Å². The summed E-state index contributed by atoms with van der Waals surface area (Å²) in [5.41, 5.74) is -1.18. The molecule has 1 N–H and O–H groups in total. The molecule has 2 bridgehead atoms. The van der Waals surface area contributed by atoms with Crippen LogP contribution in [0.4, 0.5) is 0 Å². The van der Waals surface area contributed by atoms with Crippen LogP contribution in [0.1, 0.15) is 59.8 Å². The summed E-state index contributed by atoms with van der Waals surface area (Å²) in [6.45, 7) is 15.8. The molecule has 0 aromatic rings. The van der Waals surface area contributed by atoms with E-state index >= 15 is 0 Å². The zero-order valence-electron chi connectivity index (χ0n) is 22.6. The second-order valence-electron chi connectivity index (χ2n) is 10.7. The summed E-state index contributed by atoms with van der Waals surface area (Å²) in [5, 5.41) is 10.5. The van der Waals surface area contributed by atoms with Crippen LogP contribution < -0.4 is 0 Å². The maximum Gasteiger partial charge on any atom is 0.312 e. The van der Waals surface area contributed by atoms with Gasteiger partial charge in [-0.2, -0.15) is 0 Å². The highest BCUT2D eigenvalue weighted by atomic mass is 79.9. The molecule has 9 atom stereocenters. The van der Waals surface area contributed by atoms with Crippen LogP contribution in [0.25, 0.3) is 0 Å². The first-order chi connectivity index (χ1) is 17.6. The Morgan fingerprint density at radius 3 is 2.59 bits per heavy atom. The van der Waals surface area contributed by atoms with Gasteiger partial charge in [-0.3, -0.25) is 14.4 Å². The number of hydrogen-bond acceptors (Lipinski definition) is 6. The number of ether oxygens (including phenoxy) is 2. The molecule has 1 spiro atoms. The largest absolute Gasteiger partial charge is 0.465 e. The highest BCUT2D eigenvalue weighted by molar-refractivity contribution is 9.09. The highest BCUT2D eigenvalue weighted by Crippen LogP contribution is 2.61. The van der Waals surface area contributed by atoms with Gasteiger partial charge in [0.2, 0.25) is 11.8 Å². The zero-order chi connectivity index (χ0) is 27.5. The van der Waals surface area contributed by atoms with E-state index in [9.17, 15) is 19.5 Å². The van der Waals surface area contributed by atoms with E-state index in [1.807, 2.05) is 20.8 Å². The lowest BCUT2D eigenvalue weighted by Crippen LogP contribution is -2.61. The first kappa shape index (κ1) is 29.8. The van der Waals surface area contributed by atoms with Crippen molar-refractivity contribution >= 4 is 33.7 Å². The monoisotopic (exact) mass is 582 g/mol. The fourth-order valence-corrected chi connectivity index (χ4v) is 7.43. The van der Waals surface area contributed by atoms with E-state index in [2.05, 4.69) is 36.0 Å². The van der Waals surface area contributed by atoms with E-state index in [0.717, 1.165) is 12.8 Å². The summed E-state index contributed by atoms with van der Waals surface area (Å²) in [4.78, 5) is 45.1. The Kier molecular flexibility index (Phi) is 10.0. The van der Waals surface area contributed by atoms with E-state index in [1.165, 1.54) is 0 Å². The van der Waals surface area contributed by atoms with Gasteiger partial charge < -0.3 is 24.4 Å². The van der Waals surface area contributed by atoms with Gasteiger partial charge in [-0.1, -0.05) is 61.7 Å². The minimum atomic E-state index is -1.18. The van der Waals surface area contributed by atoms with Crippen molar-refractivity contribution in [2.75, 3.05) is 19.8 Å². The van der Waals surface area contributed by atoms with Crippen molar-refractivity contribution in [2.24, 2.45) is 17.8 Å². The molecular formula is C28H43BrN2O6. The van der Waals surface area contributed by atoms with Gasteiger partial charge in [0.1, 0.15) is 11.6 Å². The third-order valence-electron chi connectivity index (χ3n) is 8.49. The fraction of sp³-hybridized carbons (Fsp3) is 0.750. The molecule has 0 saturated carbocycles. The second-order valence-corrected chi connectivity index (χ2v) is 11.9. The van der Waals surface area contributed by atoms with Crippen molar-refractivity contribution in [1.29, 1.82) is 0 Å². The number of likely N-dealkylation sites (tertiary alicyclic amines) is 1. The van der Waals surface area contributed by atoms with Crippen LogP contribution in [-0.2, 0) is 23.9 Å². The lowest BCUT2D eigenvalue weighted by Gasteiger charge is -2.42. The third-order valence-corrected chi connectivity index (χ3v) is 9.34. The molecule has 3 saturated heterocycles. The zero-order valence-corrected chi connectivity index (χ0v) is 24.2. The molecular weight excluding hydrogens is 540 g/mol.